The molecule has 0 aliphatic rings. The smallest absolute Gasteiger partial charge is 0.183 e. The zero-order valence-electron chi connectivity index (χ0n) is 10.6. The highest BCUT2D eigenvalue weighted by molar-refractivity contribution is 8.00. The van der Waals surface area contributed by atoms with Gasteiger partial charge in [0.25, 0.3) is 0 Å². The quantitative estimate of drug-likeness (QED) is 0.616. The van der Waals surface area contributed by atoms with E-state index in [4.69, 9.17) is 0 Å². The van der Waals surface area contributed by atoms with Crippen molar-refractivity contribution >= 4 is 23.3 Å². The number of hydrogen-bond acceptors (Lipinski definition) is 3. The van der Waals surface area contributed by atoms with Crippen molar-refractivity contribution in [1.82, 2.24) is 0 Å². The zero-order valence-corrected chi connectivity index (χ0v) is 11.4. The van der Waals surface area contributed by atoms with Crippen LogP contribution in [0.25, 0.3) is 0 Å². The number of benzene rings is 2. The van der Waals surface area contributed by atoms with Crippen LogP contribution in [0, 0.1) is 0 Å². The van der Waals surface area contributed by atoms with Gasteiger partial charge in [0.15, 0.2) is 11.6 Å². The first kappa shape index (κ1) is 13.6. The molecule has 0 saturated heterocycles. The van der Waals surface area contributed by atoms with Crippen molar-refractivity contribution in [2.24, 2.45) is 0 Å². The summed E-state index contributed by atoms with van der Waals surface area (Å²) in [6.07, 6.45) is 1.78. The van der Waals surface area contributed by atoms with E-state index in [0.29, 0.717) is 11.1 Å². The van der Waals surface area contributed by atoms with E-state index in [0.717, 1.165) is 0 Å². The summed E-state index contributed by atoms with van der Waals surface area (Å²) in [5, 5.41) is -0.676. The summed E-state index contributed by atoms with van der Waals surface area (Å²) < 4.78 is 0. The lowest BCUT2D eigenvalue weighted by Gasteiger charge is -2.12. The number of ketones is 2. The highest BCUT2D eigenvalue weighted by Gasteiger charge is 2.27. The Morgan fingerprint density at radius 3 is 1.47 bits per heavy atom. The van der Waals surface area contributed by atoms with Gasteiger partial charge < -0.3 is 0 Å². The van der Waals surface area contributed by atoms with Crippen molar-refractivity contribution < 1.29 is 9.59 Å². The summed E-state index contributed by atoms with van der Waals surface area (Å²) in [5.41, 5.74) is 1.15. The van der Waals surface area contributed by atoms with E-state index in [9.17, 15) is 9.59 Å². The zero-order chi connectivity index (χ0) is 13.7. The minimum atomic E-state index is -0.676. The molecule has 0 saturated carbocycles. The van der Waals surface area contributed by atoms with Crippen LogP contribution in [0.4, 0.5) is 0 Å². The summed E-state index contributed by atoms with van der Waals surface area (Å²) in [5.74, 6) is -0.274. The molecular formula is C16H14O2S. The Bertz CT molecular complexity index is 512. The third-order valence-corrected chi connectivity index (χ3v) is 3.73. The summed E-state index contributed by atoms with van der Waals surface area (Å²) in [7, 11) is 0. The van der Waals surface area contributed by atoms with Crippen molar-refractivity contribution in [1.29, 1.82) is 0 Å². The Kier molecular flexibility index (Phi) is 4.53. The second-order valence-corrected chi connectivity index (χ2v) is 5.02. The van der Waals surface area contributed by atoms with Gasteiger partial charge in [-0.3, -0.25) is 9.59 Å². The molecule has 0 fully saturated rings. The SMILES string of the molecule is CSC(C(=O)c1ccccc1)C(=O)c1ccccc1. The van der Waals surface area contributed by atoms with Crippen LogP contribution in [0.1, 0.15) is 20.7 Å². The highest BCUT2D eigenvalue weighted by atomic mass is 32.2. The topological polar surface area (TPSA) is 34.1 Å². The van der Waals surface area contributed by atoms with Gasteiger partial charge in [-0.1, -0.05) is 60.7 Å². The third-order valence-electron chi connectivity index (χ3n) is 2.83. The van der Waals surface area contributed by atoms with Gasteiger partial charge in [-0.25, -0.2) is 0 Å². The van der Waals surface area contributed by atoms with Crippen LogP contribution in [0.15, 0.2) is 60.7 Å². The number of Topliss-reactive ketones (excluding diaryl/α,β-unsaturated/α-hetero) is 2. The molecule has 0 radical (unpaired) electrons. The Labute approximate surface area is 116 Å². The van der Waals surface area contributed by atoms with Crippen molar-refractivity contribution in [3.8, 4) is 0 Å². The van der Waals surface area contributed by atoms with Crippen LogP contribution < -0.4 is 0 Å². The fourth-order valence-electron chi connectivity index (χ4n) is 1.84. The van der Waals surface area contributed by atoms with Crippen molar-refractivity contribution in [2.75, 3.05) is 6.26 Å². The van der Waals surface area contributed by atoms with Crippen molar-refractivity contribution in [2.45, 2.75) is 5.25 Å². The van der Waals surface area contributed by atoms with Gasteiger partial charge in [0.05, 0.1) is 0 Å². The Morgan fingerprint density at radius 2 is 1.16 bits per heavy atom. The molecule has 2 aromatic carbocycles. The molecule has 0 amide bonds. The average Bonchev–Trinajstić information content (AvgIpc) is 2.49. The van der Waals surface area contributed by atoms with Gasteiger partial charge in [-0.2, -0.15) is 0 Å². The molecular weight excluding hydrogens is 256 g/mol. The van der Waals surface area contributed by atoms with Crippen LogP contribution in [0.5, 0.6) is 0 Å². The maximum atomic E-state index is 12.3. The summed E-state index contributed by atoms with van der Waals surface area (Å²) >= 11 is 1.28. The lowest BCUT2D eigenvalue weighted by Crippen LogP contribution is -2.27. The molecule has 0 heterocycles. The predicted molar refractivity (Wildman–Crippen MR) is 78.8 cm³/mol. The molecule has 0 N–H and O–H groups in total. The maximum Gasteiger partial charge on any atom is 0.183 e. The predicted octanol–water partition coefficient (Wildman–Crippen LogP) is 3.48. The molecule has 3 heteroatoms. The number of carbonyl (C=O) groups is 2. The maximum absolute atomic E-state index is 12.3. The minimum absolute atomic E-state index is 0.137. The Balaban J connectivity index is 2.26. The molecule has 0 aliphatic heterocycles. The standard InChI is InChI=1S/C16H14O2S/c1-19-16(14(17)12-8-4-2-5-9-12)15(18)13-10-6-3-7-11-13/h2-11,16H,1H3. The first-order chi connectivity index (χ1) is 9.24. The summed E-state index contributed by atoms with van der Waals surface area (Å²) in [6.45, 7) is 0. The van der Waals surface area contributed by atoms with Crippen molar-refractivity contribution in [3.05, 3.63) is 71.8 Å². The summed E-state index contributed by atoms with van der Waals surface area (Å²) in [4.78, 5) is 24.7. The Morgan fingerprint density at radius 1 is 0.789 bits per heavy atom. The van der Waals surface area contributed by atoms with Crippen LogP contribution >= 0.6 is 11.8 Å². The van der Waals surface area contributed by atoms with E-state index in [1.807, 2.05) is 12.1 Å². The van der Waals surface area contributed by atoms with Gasteiger partial charge in [-0.05, 0) is 6.26 Å². The van der Waals surface area contributed by atoms with E-state index < -0.39 is 5.25 Å². The van der Waals surface area contributed by atoms with Crippen LogP contribution in [-0.4, -0.2) is 23.1 Å². The summed E-state index contributed by atoms with van der Waals surface area (Å²) in [6, 6.07) is 17.9. The molecule has 2 rings (SSSR count). The lowest BCUT2D eigenvalue weighted by atomic mass is 10.0. The first-order valence-corrected chi connectivity index (χ1v) is 7.24. The van der Waals surface area contributed by atoms with Gasteiger partial charge in [0.2, 0.25) is 0 Å². The van der Waals surface area contributed by atoms with Crippen LogP contribution in [-0.2, 0) is 0 Å². The van der Waals surface area contributed by atoms with Gasteiger partial charge in [-0.15, -0.1) is 11.8 Å². The fourth-order valence-corrected chi connectivity index (χ4v) is 2.54. The normalized spacial score (nSPS) is 10.4. The first-order valence-electron chi connectivity index (χ1n) is 5.95. The largest absolute Gasteiger partial charge is 0.292 e. The van der Waals surface area contributed by atoms with E-state index in [2.05, 4.69) is 0 Å². The molecule has 0 bridgehead atoms. The highest BCUT2D eigenvalue weighted by Crippen LogP contribution is 2.19. The molecule has 19 heavy (non-hydrogen) atoms. The molecule has 0 atom stereocenters. The number of thioether (sulfide) groups is 1. The van der Waals surface area contributed by atoms with E-state index in [1.54, 1.807) is 54.8 Å². The third kappa shape index (κ3) is 3.12. The van der Waals surface area contributed by atoms with Crippen LogP contribution in [0.2, 0.25) is 0 Å². The lowest BCUT2D eigenvalue weighted by molar-refractivity contribution is 0.0903. The van der Waals surface area contributed by atoms with E-state index >= 15 is 0 Å². The molecule has 2 aromatic rings. The van der Waals surface area contributed by atoms with E-state index in [-0.39, 0.29) is 11.6 Å². The van der Waals surface area contributed by atoms with E-state index in [1.165, 1.54) is 11.8 Å². The molecule has 0 unspecified atom stereocenters. The monoisotopic (exact) mass is 270 g/mol. The second kappa shape index (κ2) is 6.34. The van der Waals surface area contributed by atoms with Gasteiger partial charge in [0.1, 0.15) is 5.25 Å². The number of carbonyl (C=O) groups excluding carboxylic acids is 2. The molecule has 2 nitrogen and oxygen atoms in total. The number of hydrogen-bond donors (Lipinski definition) is 0. The minimum Gasteiger partial charge on any atom is -0.292 e. The average molecular weight is 270 g/mol. The molecule has 96 valence electrons. The fraction of sp³-hybridized carbons (Fsp3) is 0.125. The Hall–Kier alpha value is -1.87. The molecule has 0 aliphatic carbocycles. The van der Waals surface area contributed by atoms with Gasteiger partial charge in [0, 0.05) is 11.1 Å². The second-order valence-electron chi connectivity index (χ2n) is 4.08. The molecule has 0 aromatic heterocycles. The molecule has 0 spiro atoms. The van der Waals surface area contributed by atoms with Crippen molar-refractivity contribution in [3.63, 3.8) is 0 Å². The van der Waals surface area contributed by atoms with Gasteiger partial charge >= 0.3 is 0 Å². The van der Waals surface area contributed by atoms with Crippen LogP contribution in [0.3, 0.4) is 0 Å². The number of rotatable bonds is 5.